The molecular formula is C24H10Cl2O2S2. The van der Waals surface area contributed by atoms with E-state index in [4.69, 9.17) is 23.2 Å². The van der Waals surface area contributed by atoms with Gasteiger partial charge in [0.1, 0.15) is 0 Å². The third kappa shape index (κ3) is 2.48. The van der Waals surface area contributed by atoms with Crippen molar-refractivity contribution in [1.29, 1.82) is 0 Å². The fourth-order valence-corrected chi connectivity index (χ4v) is 7.32. The van der Waals surface area contributed by atoms with Crippen molar-refractivity contribution in [1.82, 2.24) is 0 Å². The van der Waals surface area contributed by atoms with Crippen molar-refractivity contribution in [2.24, 2.45) is 0 Å². The average molecular weight is 465 g/mol. The molecule has 0 spiro atoms. The summed E-state index contributed by atoms with van der Waals surface area (Å²) in [6, 6.07) is 18.8. The minimum absolute atomic E-state index is 0.129. The lowest BCUT2D eigenvalue weighted by molar-refractivity contribution is 0.101. The van der Waals surface area contributed by atoms with Gasteiger partial charge in [-0.1, -0.05) is 83.1 Å². The van der Waals surface area contributed by atoms with Gasteiger partial charge in [-0.15, -0.1) is 0 Å². The maximum Gasteiger partial charge on any atom is 0.202 e. The van der Waals surface area contributed by atoms with Crippen LogP contribution in [0.3, 0.4) is 0 Å². The number of rotatable bonds is 0. The first-order valence-electron chi connectivity index (χ1n) is 9.16. The van der Waals surface area contributed by atoms with Gasteiger partial charge in [0.05, 0.1) is 9.81 Å². The number of hydrogen-bond donors (Lipinski definition) is 0. The molecule has 0 radical (unpaired) electrons. The van der Waals surface area contributed by atoms with Crippen LogP contribution in [0.5, 0.6) is 0 Å². The van der Waals surface area contributed by atoms with Gasteiger partial charge >= 0.3 is 0 Å². The number of carbonyl (C=O) groups excluding carboxylic acids is 2. The molecule has 0 aromatic heterocycles. The van der Waals surface area contributed by atoms with Crippen LogP contribution in [0.15, 0.2) is 80.3 Å². The first kappa shape index (κ1) is 18.5. The molecule has 2 nitrogen and oxygen atoms in total. The largest absolute Gasteiger partial charge is 0.288 e. The second-order valence-corrected chi connectivity index (χ2v) is 9.94. The van der Waals surface area contributed by atoms with Gasteiger partial charge in [-0.2, -0.15) is 0 Å². The lowest BCUT2D eigenvalue weighted by Crippen LogP contribution is -2.01. The molecule has 4 aromatic carbocycles. The fourth-order valence-electron chi connectivity index (χ4n) is 4.02. The van der Waals surface area contributed by atoms with E-state index in [9.17, 15) is 9.59 Å². The van der Waals surface area contributed by atoms with Gasteiger partial charge in [0.2, 0.25) is 11.6 Å². The van der Waals surface area contributed by atoms with E-state index >= 15 is 0 Å². The topological polar surface area (TPSA) is 34.1 Å². The zero-order valence-corrected chi connectivity index (χ0v) is 18.3. The summed E-state index contributed by atoms with van der Waals surface area (Å²) in [5.74, 6) is -0.258. The number of halogens is 2. The highest BCUT2D eigenvalue weighted by molar-refractivity contribution is 8.09. The molecule has 2 aliphatic heterocycles. The molecule has 0 unspecified atom stereocenters. The Bertz CT molecular complexity index is 1390. The summed E-state index contributed by atoms with van der Waals surface area (Å²) in [5, 5.41) is 4.85. The Kier molecular flexibility index (Phi) is 4.09. The van der Waals surface area contributed by atoms with E-state index in [1.54, 1.807) is 0 Å². The number of Topliss-reactive ketones (excluding diaryl/α,β-unsaturated/α-hetero) is 2. The molecule has 6 heteroatoms. The Morgan fingerprint density at radius 1 is 0.567 bits per heavy atom. The highest BCUT2D eigenvalue weighted by atomic mass is 35.5. The van der Waals surface area contributed by atoms with Gasteiger partial charge in [0.25, 0.3) is 0 Å². The molecule has 0 aliphatic carbocycles. The lowest BCUT2D eigenvalue weighted by atomic mass is 10.0. The van der Waals surface area contributed by atoms with Gasteiger partial charge in [-0.05, 0) is 35.0 Å². The summed E-state index contributed by atoms with van der Waals surface area (Å²) in [4.78, 5) is 29.1. The molecular weight excluding hydrogens is 455 g/mol. The van der Waals surface area contributed by atoms with Gasteiger partial charge in [-0.3, -0.25) is 9.59 Å². The van der Waals surface area contributed by atoms with Crippen LogP contribution in [0.4, 0.5) is 0 Å². The van der Waals surface area contributed by atoms with Crippen molar-refractivity contribution in [3.05, 3.63) is 91.6 Å². The first-order valence-corrected chi connectivity index (χ1v) is 11.6. The summed E-state index contributed by atoms with van der Waals surface area (Å²) in [6.07, 6.45) is 0. The summed E-state index contributed by atoms with van der Waals surface area (Å²) in [5.41, 5.74) is 1.19. The van der Waals surface area contributed by atoms with Gasteiger partial charge in [-0.25, -0.2) is 0 Å². The van der Waals surface area contributed by atoms with Gasteiger partial charge in [0.15, 0.2) is 0 Å². The predicted molar refractivity (Wildman–Crippen MR) is 125 cm³/mol. The van der Waals surface area contributed by atoms with Crippen LogP contribution in [0, 0.1) is 0 Å². The van der Waals surface area contributed by atoms with Crippen molar-refractivity contribution < 1.29 is 9.59 Å². The summed E-state index contributed by atoms with van der Waals surface area (Å²) in [6.45, 7) is 0. The maximum absolute atomic E-state index is 13.3. The molecule has 2 heterocycles. The van der Waals surface area contributed by atoms with E-state index in [2.05, 4.69) is 0 Å². The molecule has 0 amide bonds. The molecule has 0 N–H and O–H groups in total. The van der Waals surface area contributed by atoms with Crippen molar-refractivity contribution in [2.45, 2.75) is 9.79 Å². The number of hydrogen-bond acceptors (Lipinski definition) is 4. The number of allylic oxidation sites excluding steroid dienone is 2. The molecule has 0 saturated carbocycles. The Balaban J connectivity index is 1.56. The van der Waals surface area contributed by atoms with Crippen molar-refractivity contribution in [2.75, 3.05) is 0 Å². The Morgan fingerprint density at radius 2 is 1.00 bits per heavy atom. The summed E-state index contributed by atoms with van der Waals surface area (Å²) in [7, 11) is 0. The Morgan fingerprint density at radius 3 is 1.43 bits per heavy atom. The van der Waals surface area contributed by atoms with E-state index in [-0.39, 0.29) is 11.6 Å². The minimum Gasteiger partial charge on any atom is -0.288 e. The molecule has 0 fully saturated rings. The van der Waals surface area contributed by atoms with Crippen LogP contribution in [-0.2, 0) is 0 Å². The number of carbonyl (C=O) groups is 2. The fraction of sp³-hybridized carbons (Fsp3) is 0. The first-order chi connectivity index (χ1) is 14.5. The average Bonchev–Trinajstić information content (AvgIpc) is 3.25. The van der Waals surface area contributed by atoms with Crippen molar-refractivity contribution in [3.8, 4) is 0 Å². The molecule has 0 saturated heterocycles. The van der Waals surface area contributed by atoms with Crippen LogP contribution >= 0.6 is 46.7 Å². The van der Waals surface area contributed by atoms with Crippen molar-refractivity contribution in [3.63, 3.8) is 0 Å². The van der Waals surface area contributed by atoms with Crippen LogP contribution in [0.1, 0.15) is 20.7 Å². The van der Waals surface area contributed by atoms with E-state index in [1.807, 2.05) is 60.7 Å². The summed E-state index contributed by atoms with van der Waals surface area (Å²) < 4.78 is 0. The number of thioether (sulfide) groups is 2. The monoisotopic (exact) mass is 464 g/mol. The quantitative estimate of drug-likeness (QED) is 0.248. The van der Waals surface area contributed by atoms with Crippen molar-refractivity contribution >= 4 is 79.8 Å². The molecule has 4 aromatic rings. The zero-order valence-electron chi connectivity index (χ0n) is 15.2. The lowest BCUT2D eigenvalue weighted by Gasteiger charge is -2.05. The Labute approximate surface area is 190 Å². The van der Waals surface area contributed by atoms with E-state index in [1.165, 1.54) is 23.5 Å². The van der Waals surface area contributed by atoms with E-state index < -0.39 is 0 Å². The second-order valence-electron chi connectivity index (χ2n) is 7.08. The standard InChI is InChI=1S/C24H10Cl2O2S2/c25-15-5-1-3-11-7-9-13-19(27)23(29-21(13)17(11)15)24-20(28)14-10-8-12-4-2-6-16(26)18(12)22(14)30-24/h1-10H/b24-23+. The van der Waals surface area contributed by atoms with Crippen LogP contribution in [0.2, 0.25) is 10.0 Å². The SMILES string of the molecule is O=C1/C(=C2\Sc3c(ccc4cccc(Cl)c34)C2=O)Sc2c1ccc1cccc(Cl)c21. The number of benzene rings is 4. The predicted octanol–water partition coefficient (Wildman–Crippen LogP) is 7.79. The molecule has 2 aliphatic rings. The highest BCUT2D eigenvalue weighted by Crippen LogP contribution is 2.53. The third-order valence-corrected chi connectivity index (χ3v) is 8.61. The van der Waals surface area contributed by atoms with E-state index in [0.29, 0.717) is 31.0 Å². The van der Waals surface area contributed by atoms with Gasteiger partial charge < -0.3 is 0 Å². The molecule has 0 atom stereocenters. The van der Waals surface area contributed by atoms with Crippen LogP contribution in [0.25, 0.3) is 21.5 Å². The maximum atomic E-state index is 13.3. The minimum atomic E-state index is -0.129. The Hall–Kier alpha value is -2.24. The normalized spacial score (nSPS) is 17.8. The van der Waals surface area contributed by atoms with Crippen LogP contribution < -0.4 is 0 Å². The third-order valence-electron chi connectivity index (χ3n) is 5.41. The molecule has 30 heavy (non-hydrogen) atoms. The molecule has 144 valence electrons. The van der Waals surface area contributed by atoms with Gasteiger partial charge in [0, 0.05) is 41.7 Å². The zero-order chi connectivity index (χ0) is 20.6. The number of ketones is 2. The second kappa shape index (κ2) is 6.63. The highest BCUT2D eigenvalue weighted by Gasteiger charge is 2.37. The molecule has 0 bridgehead atoms. The smallest absolute Gasteiger partial charge is 0.202 e. The van der Waals surface area contributed by atoms with Crippen LogP contribution in [-0.4, -0.2) is 11.6 Å². The van der Waals surface area contributed by atoms with E-state index in [0.717, 1.165) is 31.3 Å². The summed E-state index contributed by atoms with van der Waals surface area (Å²) >= 11 is 15.6. The number of fused-ring (bicyclic) bond motifs is 6. The molecule has 6 rings (SSSR count).